The molecule has 1 aliphatic carbocycles. The molecule has 0 unspecified atom stereocenters. The quantitative estimate of drug-likeness (QED) is 0.188. The molecule has 1 saturated carbocycles. The molecule has 1 aliphatic rings. The van der Waals surface area contributed by atoms with Crippen LogP contribution in [0.25, 0.3) is 22.6 Å². The van der Waals surface area contributed by atoms with Crippen LogP contribution in [-0.4, -0.2) is 51.9 Å². The van der Waals surface area contributed by atoms with Crippen molar-refractivity contribution in [2.24, 2.45) is 5.92 Å². The van der Waals surface area contributed by atoms with Crippen molar-refractivity contribution in [2.45, 2.75) is 45.3 Å². The van der Waals surface area contributed by atoms with Gasteiger partial charge in [-0.1, -0.05) is 36.2 Å². The van der Waals surface area contributed by atoms with E-state index in [0.29, 0.717) is 56.5 Å². The molecule has 2 aromatic carbocycles. The van der Waals surface area contributed by atoms with Gasteiger partial charge in [-0.05, 0) is 50.1 Å². The van der Waals surface area contributed by atoms with Crippen LogP contribution < -0.4 is 14.2 Å². The summed E-state index contributed by atoms with van der Waals surface area (Å²) in [5.41, 5.74) is 2.34. The van der Waals surface area contributed by atoms with E-state index in [1.165, 1.54) is 13.4 Å². The van der Waals surface area contributed by atoms with Crippen LogP contribution in [0.4, 0.5) is 0 Å². The smallest absolute Gasteiger partial charge is 0.305 e. The van der Waals surface area contributed by atoms with Gasteiger partial charge in [0, 0.05) is 22.1 Å². The minimum absolute atomic E-state index is 0.0641. The van der Waals surface area contributed by atoms with Crippen LogP contribution >= 0.6 is 23.2 Å². The van der Waals surface area contributed by atoms with Gasteiger partial charge in [-0.2, -0.15) is 4.98 Å². The van der Waals surface area contributed by atoms with E-state index >= 15 is 0 Å². The Bertz CT molecular complexity index is 1550. The lowest BCUT2D eigenvalue weighted by molar-refractivity contribution is -0.141. The van der Waals surface area contributed by atoms with Gasteiger partial charge in [-0.15, -0.1) is 0 Å². The minimum Gasteiger partial charge on any atom is -0.496 e. The van der Waals surface area contributed by atoms with Crippen molar-refractivity contribution in [1.82, 2.24) is 19.5 Å². The van der Waals surface area contributed by atoms with Crippen LogP contribution in [0, 0.1) is 5.92 Å². The van der Waals surface area contributed by atoms with E-state index in [9.17, 15) is 4.79 Å². The first-order valence-electron chi connectivity index (χ1n) is 12.9. The zero-order valence-corrected chi connectivity index (χ0v) is 24.3. The monoisotopic (exact) mass is 584 g/mol. The predicted octanol–water partition coefficient (Wildman–Crippen LogP) is 6.37. The molecule has 2 heterocycles. The second kappa shape index (κ2) is 11.5. The summed E-state index contributed by atoms with van der Waals surface area (Å²) in [7, 11) is 2.98. The maximum Gasteiger partial charge on any atom is 0.305 e. The predicted molar refractivity (Wildman–Crippen MR) is 152 cm³/mol. The number of hydrogen-bond donors (Lipinski definition) is 0. The number of rotatable bonds is 11. The number of benzene rings is 2. The number of ether oxygens (including phenoxy) is 4. The molecular weight excluding hydrogens is 555 g/mol. The van der Waals surface area contributed by atoms with E-state index < -0.39 is 0 Å². The van der Waals surface area contributed by atoms with E-state index in [-0.39, 0.29) is 30.5 Å². The van der Waals surface area contributed by atoms with Gasteiger partial charge >= 0.3 is 5.97 Å². The molecule has 1 atom stereocenters. The Morgan fingerprint density at radius 2 is 1.93 bits per heavy atom. The van der Waals surface area contributed by atoms with E-state index in [1.807, 2.05) is 35.8 Å². The van der Waals surface area contributed by atoms with E-state index in [2.05, 4.69) is 16.9 Å². The summed E-state index contributed by atoms with van der Waals surface area (Å²) in [4.78, 5) is 25.6. The van der Waals surface area contributed by atoms with Crippen molar-refractivity contribution in [1.29, 1.82) is 0 Å². The molecule has 4 aromatic rings. The molecule has 2 aromatic heterocycles. The topological polar surface area (TPSA) is 97.6 Å². The molecule has 5 rings (SSSR count). The summed E-state index contributed by atoms with van der Waals surface area (Å²) in [6.07, 6.45) is 3.62. The lowest BCUT2D eigenvalue weighted by Crippen LogP contribution is -2.14. The first kappa shape index (κ1) is 28.0. The normalized spacial score (nSPS) is 14.6. The van der Waals surface area contributed by atoms with Crippen LogP contribution in [0.5, 0.6) is 17.4 Å². The second-order valence-corrected chi connectivity index (χ2v) is 11.0. The van der Waals surface area contributed by atoms with Crippen molar-refractivity contribution in [3.63, 3.8) is 0 Å². The number of fused-ring (bicyclic) bond motifs is 1. The third kappa shape index (κ3) is 5.95. The van der Waals surface area contributed by atoms with Gasteiger partial charge in [0.15, 0.2) is 11.2 Å². The van der Waals surface area contributed by atoms with Crippen molar-refractivity contribution < 1.29 is 23.7 Å². The number of nitrogens with zero attached hydrogens (tertiary/aromatic N) is 4. The van der Waals surface area contributed by atoms with E-state index in [1.54, 1.807) is 19.2 Å². The van der Waals surface area contributed by atoms with E-state index in [4.69, 9.17) is 47.1 Å². The first-order valence-corrected chi connectivity index (χ1v) is 13.7. The van der Waals surface area contributed by atoms with Crippen molar-refractivity contribution in [3.05, 3.63) is 58.3 Å². The standard InChI is InChI=1S/C29H30Cl2N4O5/c1-17(12-23(36)38-4)15-39-22-7-5-6-20(24(22)31)26-34-25-27(32-16-33-28(25)40-29(2)10-11-29)35(26)14-18-13-19(30)8-9-21(18)37-3/h5-9,13,16-17H,10-12,14-15H2,1-4H3/t17-/m1/s1. The number of carbonyl (C=O) groups is 1. The molecule has 0 bridgehead atoms. The number of aromatic nitrogens is 4. The maximum absolute atomic E-state index is 11.6. The minimum atomic E-state index is -0.291. The average molecular weight is 585 g/mol. The summed E-state index contributed by atoms with van der Waals surface area (Å²) >= 11 is 13.3. The van der Waals surface area contributed by atoms with Gasteiger partial charge in [0.2, 0.25) is 5.88 Å². The number of methoxy groups -OCH3 is 2. The molecule has 0 radical (unpaired) electrons. The summed E-state index contributed by atoms with van der Waals surface area (Å²) in [5, 5.41) is 0.962. The maximum atomic E-state index is 11.6. The van der Waals surface area contributed by atoms with Gasteiger partial charge in [-0.25, -0.2) is 9.97 Å². The van der Waals surface area contributed by atoms with Crippen LogP contribution in [0.2, 0.25) is 10.0 Å². The Morgan fingerprint density at radius 3 is 2.65 bits per heavy atom. The Kier molecular flexibility index (Phi) is 8.05. The third-order valence-corrected chi connectivity index (χ3v) is 7.46. The zero-order valence-electron chi connectivity index (χ0n) is 22.7. The van der Waals surface area contributed by atoms with Crippen LogP contribution in [0.15, 0.2) is 42.7 Å². The Morgan fingerprint density at radius 1 is 1.12 bits per heavy atom. The molecule has 0 saturated heterocycles. The van der Waals surface area contributed by atoms with Crippen LogP contribution in [-0.2, 0) is 16.1 Å². The lowest BCUT2D eigenvalue weighted by atomic mass is 10.1. The van der Waals surface area contributed by atoms with Gasteiger partial charge in [0.05, 0.1) is 38.8 Å². The molecule has 11 heteroatoms. The summed E-state index contributed by atoms with van der Waals surface area (Å²) in [6, 6.07) is 11.0. The second-order valence-electron chi connectivity index (χ2n) is 10.2. The molecule has 1 fully saturated rings. The summed E-state index contributed by atoms with van der Waals surface area (Å²) in [6.45, 7) is 4.60. The fourth-order valence-corrected chi connectivity index (χ4v) is 4.81. The highest BCUT2D eigenvalue weighted by molar-refractivity contribution is 6.34. The van der Waals surface area contributed by atoms with Crippen molar-refractivity contribution in [3.8, 4) is 28.8 Å². The summed E-state index contributed by atoms with van der Waals surface area (Å²) in [5.74, 6) is 1.77. The number of carbonyl (C=O) groups excluding carboxylic acids is 1. The SMILES string of the molecule is COC(=O)C[C@@H](C)COc1cccc(-c2nc3c(OC4(C)CC4)ncnc3n2Cc2cc(Cl)ccc2OC)c1Cl. The molecule has 40 heavy (non-hydrogen) atoms. The molecule has 210 valence electrons. The molecule has 0 aliphatic heterocycles. The van der Waals surface area contributed by atoms with Crippen LogP contribution in [0.1, 0.15) is 38.7 Å². The van der Waals surface area contributed by atoms with Gasteiger partial charge < -0.3 is 23.5 Å². The fraction of sp³-hybridized carbons (Fsp3) is 0.379. The van der Waals surface area contributed by atoms with Gasteiger partial charge in [-0.3, -0.25) is 4.79 Å². The highest BCUT2D eigenvalue weighted by atomic mass is 35.5. The highest BCUT2D eigenvalue weighted by Gasteiger charge is 2.41. The Labute approximate surface area is 242 Å². The fourth-order valence-electron chi connectivity index (χ4n) is 4.35. The van der Waals surface area contributed by atoms with E-state index in [0.717, 1.165) is 18.4 Å². The highest BCUT2D eigenvalue weighted by Crippen LogP contribution is 2.42. The third-order valence-electron chi connectivity index (χ3n) is 6.84. The zero-order chi connectivity index (χ0) is 28.4. The number of imidazole rings is 1. The Balaban J connectivity index is 1.58. The first-order chi connectivity index (χ1) is 19.2. The largest absolute Gasteiger partial charge is 0.496 e. The van der Waals surface area contributed by atoms with Gasteiger partial charge in [0.25, 0.3) is 0 Å². The van der Waals surface area contributed by atoms with Gasteiger partial charge in [0.1, 0.15) is 29.3 Å². The molecule has 9 nitrogen and oxygen atoms in total. The molecular formula is C29H30Cl2N4O5. The van der Waals surface area contributed by atoms with Crippen LogP contribution in [0.3, 0.4) is 0 Å². The average Bonchev–Trinajstić information content (AvgIpc) is 3.55. The van der Waals surface area contributed by atoms with Crippen molar-refractivity contribution >= 4 is 40.3 Å². The molecule has 0 spiro atoms. The summed E-state index contributed by atoms with van der Waals surface area (Å²) < 4.78 is 24.6. The Hall–Kier alpha value is -3.56. The molecule has 0 amide bonds. The number of esters is 1. The lowest BCUT2D eigenvalue weighted by Gasteiger charge is -2.16. The number of halogens is 2. The molecule has 0 N–H and O–H groups in total. The van der Waals surface area contributed by atoms with Crippen molar-refractivity contribution in [2.75, 3.05) is 20.8 Å². The number of hydrogen-bond acceptors (Lipinski definition) is 8.